The molecule has 318 valence electrons. The summed E-state index contributed by atoms with van der Waals surface area (Å²) >= 11 is 0. The second-order valence-corrected chi connectivity index (χ2v) is 15.9. The topological polar surface area (TPSA) is 111 Å². The Morgan fingerprint density at radius 3 is 2.00 bits per heavy atom. The molecule has 0 amide bonds. The monoisotopic (exact) mass is 832 g/mol. The number of para-hydroxylation sites is 1. The van der Waals surface area contributed by atoms with Gasteiger partial charge in [-0.2, -0.15) is 10.2 Å². The summed E-state index contributed by atoms with van der Waals surface area (Å²) in [4.78, 5) is 27.2. The molecule has 0 radical (unpaired) electrons. The Hall–Kier alpha value is -6.10. The molecular formula is C45H50F2N10O4. The molecule has 61 heavy (non-hydrogen) atoms. The first-order valence-corrected chi connectivity index (χ1v) is 20.9. The van der Waals surface area contributed by atoms with E-state index in [2.05, 4.69) is 85.0 Å². The molecule has 0 N–H and O–H groups in total. The fourth-order valence-corrected chi connectivity index (χ4v) is 8.58. The van der Waals surface area contributed by atoms with Gasteiger partial charge in [-0.25, -0.2) is 32.5 Å². The Bertz CT molecular complexity index is 2420. The van der Waals surface area contributed by atoms with Crippen molar-refractivity contribution in [1.29, 1.82) is 0 Å². The maximum absolute atomic E-state index is 15.0. The van der Waals surface area contributed by atoms with Gasteiger partial charge in [0, 0.05) is 87.1 Å². The van der Waals surface area contributed by atoms with Crippen LogP contribution in [0.3, 0.4) is 0 Å². The zero-order chi connectivity index (χ0) is 41.9. The molecule has 2 aromatic heterocycles. The Morgan fingerprint density at radius 2 is 1.36 bits per heavy atom. The van der Waals surface area contributed by atoms with Gasteiger partial charge in [0.25, 0.3) is 0 Å². The van der Waals surface area contributed by atoms with Crippen molar-refractivity contribution in [3.05, 3.63) is 144 Å². The summed E-state index contributed by atoms with van der Waals surface area (Å²) in [7, 11) is 0. The van der Waals surface area contributed by atoms with E-state index < -0.39 is 23.5 Å². The van der Waals surface area contributed by atoms with Gasteiger partial charge >= 0.3 is 5.69 Å². The van der Waals surface area contributed by atoms with Crippen LogP contribution in [-0.4, -0.2) is 112 Å². The van der Waals surface area contributed by atoms with Gasteiger partial charge in [-0.15, -0.1) is 0 Å². The molecule has 4 unspecified atom stereocenters. The second-order valence-electron chi connectivity index (χ2n) is 15.9. The highest BCUT2D eigenvalue weighted by Crippen LogP contribution is 2.38. The van der Waals surface area contributed by atoms with Crippen LogP contribution in [0, 0.1) is 11.6 Å². The summed E-state index contributed by atoms with van der Waals surface area (Å²) < 4.78 is 51.8. The van der Waals surface area contributed by atoms with E-state index in [1.54, 1.807) is 15.6 Å². The average Bonchev–Trinajstić information content (AvgIpc) is 4.07. The number of rotatable bonds is 13. The quantitative estimate of drug-likeness (QED) is 0.150. The van der Waals surface area contributed by atoms with Crippen LogP contribution in [0.25, 0.3) is 5.69 Å². The highest BCUT2D eigenvalue weighted by Gasteiger charge is 2.46. The van der Waals surface area contributed by atoms with Crippen LogP contribution in [0.2, 0.25) is 0 Å². The third-order valence-corrected chi connectivity index (χ3v) is 12.2. The van der Waals surface area contributed by atoms with Crippen molar-refractivity contribution in [2.75, 3.05) is 80.3 Å². The van der Waals surface area contributed by atoms with Gasteiger partial charge in [0.1, 0.15) is 55.6 Å². The minimum absolute atomic E-state index is 0.0291. The molecule has 5 heterocycles. The minimum atomic E-state index is -1.52. The Morgan fingerprint density at radius 1 is 0.738 bits per heavy atom. The third-order valence-electron chi connectivity index (χ3n) is 12.2. The summed E-state index contributed by atoms with van der Waals surface area (Å²) in [5.41, 5.74) is 4.18. The fraction of sp³-hybridized carbons (Fsp3) is 0.378. The first-order chi connectivity index (χ1) is 29.7. The number of piperazine rings is 2. The molecule has 0 spiro atoms. The lowest BCUT2D eigenvalue weighted by Crippen LogP contribution is -2.52. The number of hydrogen-bond donors (Lipinski definition) is 0. The van der Waals surface area contributed by atoms with Crippen LogP contribution < -0.4 is 25.1 Å². The summed E-state index contributed by atoms with van der Waals surface area (Å²) in [6.45, 7) is 11.7. The van der Waals surface area contributed by atoms with Gasteiger partial charge in [0.15, 0.2) is 0 Å². The molecule has 0 saturated carbocycles. The van der Waals surface area contributed by atoms with Crippen molar-refractivity contribution >= 4 is 17.1 Å². The number of benzene rings is 4. The molecule has 0 bridgehead atoms. The second kappa shape index (κ2) is 17.5. The number of aromatic nitrogens is 6. The molecule has 0 aliphatic carbocycles. The third kappa shape index (κ3) is 8.60. The molecule has 6 aromatic rings. The largest absolute Gasteiger partial charge is 0.491 e. The van der Waals surface area contributed by atoms with Crippen LogP contribution in [0.1, 0.15) is 25.5 Å². The van der Waals surface area contributed by atoms with Crippen LogP contribution in [0.5, 0.6) is 5.75 Å². The SMILES string of the molecule is CC(C(C)n1ncn(-c2ccc(N3CCN(c4ccc(OCC5COC(Cn6cncn6)(c6ccc(F)cc6F)O5)cc4)CC3)cc2)c1=O)N1CCN(c2ccccc2)CC1. The predicted molar refractivity (Wildman–Crippen MR) is 227 cm³/mol. The van der Waals surface area contributed by atoms with Crippen molar-refractivity contribution in [3.8, 4) is 11.4 Å². The van der Waals surface area contributed by atoms with E-state index in [-0.39, 0.29) is 43.1 Å². The summed E-state index contributed by atoms with van der Waals surface area (Å²) in [5, 5.41) is 8.68. The maximum atomic E-state index is 15.0. The number of hydrogen-bond acceptors (Lipinski definition) is 11. The zero-order valence-electron chi connectivity index (χ0n) is 34.3. The normalized spacial score (nSPS) is 20.9. The number of anilines is 3. The molecule has 14 nitrogen and oxygen atoms in total. The number of nitrogens with zero attached hydrogens (tertiary/aromatic N) is 10. The standard InChI is InChI=1S/C45H50F2N10O4/c1-33(51-18-20-52(21-19-51)36-6-4-3-5-7-36)34(2)57-44(58)56(32-50-57)39-11-9-37(10-12-39)53-22-24-54(25-23-53)38-13-15-40(16-14-38)59-27-41-28-60-45(61-41,29-55-31-48-30-49-55)42-17-8-35(46)26-43(42)47/h3-17,26,30-34,41H,18-25,27-29H2,1-2H3. The fourth-order valence-electron chi connectivity index (χ4n) is 8.58. The predicted octanol–water partition coefficient (Wildman–Crippen LogP) is 5.35. The van der Waals surface area contributed by atoms with Crippen molar-refractivity contribution in [1.82, 2.24) is 34.0 Å². The lowest BCUT2D eigenvalue weighted by molar-refractivity contribution is -0.192. The molecule has 3 fully saturated rings. The maximum Gasteiger partial charge on any atom is 0.350 e. The molecule has 4 aromatic carbocycles. The Labute approximate surface area is 353 Å². The van der Waals surface area contributed by atoms with Crippen molar-refractivity contribution in [2.24, 2.45) is 0 Å². The summed E-state index contributed by atoms with van der Waals surface area (Å²) in [6, 6.07) is 30.0. The van der Waals surface area contributed by atoms with Gasteiger partial charge in [-0.3, -0.25) is 4.90 Å². The van der Waals surface area contributed by atoms with Gasteiger partial charge in [0.2, 0.25) is 5.79 Å². The Kier molecular flexibility index (Phi) is 11.6. The molecule has 9 rings (SSSR count). The van der Waals surface area contributed by atoms with E-state index >= 15 is 0 Å². The van der Waals surface area contributed by atoms with Crippen molar-refractivity contribution in [2.45, 2.75) is 44.4 Å². The summed E-state index contributed by atoms with van der Waals surface area (Å²) in [5.74, 6) is -2.31. The zero-order valence-corrected chi connectivity index (χ0v) is 34.3. The van der Waals surface area contributed by atoms with E-state index in [0.29, 0.717) is 5.75 Å². The highest BCUT2D eigenvalue weighted by molar-refractivity contribution is 5.55. The molecule has 16 heteroatoms. The summed E-state index contributed by atoms with van der Waals surface area (Å²) in [6.07, 6.45) is 3.97. The van der Waals surface area contributed by atoms with E-state index in [1.165, 1.54) is 35.2 Å². The van der Waals surface area contributed by atoms with Gasteiger partial charge in [0.05, 0.1) is 18.3 Å². The molecule has 4 atom stereocenters. The van der Waals surface area contributed by atoms with Gasteiger partial charge in [-0.05, 0) is 86.6 Å². The van der Waals surface area contributed by atoms with E-state index in [9.17, 15) is 13.6 Å². The first-order valence-electron chi connectivity index (χ1n) is 20.9. The first kappa shape index (κ1) is 40.3. The number of ether oxygens (including phenoxy) is 3. The van der Waals surface area contributed by atoms with Crippen LogP contribution in [-0.2, 0) is 21.8 Å². The van der Waals surface area contributed by atoms with Gasteiger partial charge in [-0.1, -0.05) is 18.2 Å². The molecule has 3 saturated heterocycles. The van der Waals surface area contributed by atoms with Crippen molar-refractivity contribution < 1.29 is 23.0 Å². The van der Waals surface area contributed by atoms with Gasteiger partial charge < -0.3 is 28.9 Å². The van der Waals surface area contributed by atoms with E-state index in [0.717, 1.165) is 75.5 Å². The lowest BCUT2D eigenvalue weighted by atomic mass is 10.0. The van der Waals surface area contributed by atoms with Crippen LogP contribution >= 0.6 is 0 Å². The molecule has 3 aliphatic rings. The highest BCUT2D eigenvalue weighted by atomic mass is 19.1. The smallest absolute Gasteiger partial charge is 0.350 e. The molecule has 3 aliphatic heterocycles. The number of halogens is 2. The van der Waals surface area contributed by atoms with Crippen molar-refractivity contribution in [3.63, 3.8) is 0 Å². The Balaban J connectivity index is 0.754. The van der Waals surface area contributed by atoms with E-state index in [4.69, 9.17) is 14.2 Å². The lowest BCUT2D eigenvalue weighted by Gasteiger charge is -2.40. The minimum Gasteiger partial charge on any atom is -0.491 e. The average molecular weight is 833 g/mol. The molecular weight excluding hydrogens is 783 g/mol. The van der Waals surface area contributed by atoms with Crippen LogP contribution in [0.15, 0.2) is 121 Å². The van der Waals surface area contributed by atoms with E-state index in [1.807, 2.05) is 42.5 Å². The van der Waals surface area contributed by atoms with Crippen LogP contribution in [0.4, 0.5) is 25.8 Å².